The second-order valence-electron chi connectivity index (χ2n) is 5.12. The number of hydrogen-bond acceptors (Lipinski definition) is 8. The molecule has 1 saturated heterocycles. The lowest BCUT2D eigenvalue weighted by atomic mass is 10.2. The Labute approximate surface area is 137 Å². The first-order chi connectivity index (χ1) is 11.6. The van der Waals surface area contributed by atoms with Gasteiger partial charge in [-0.05, 0) is 0 Å². The van der Waals surface area contributed by atoms with Gasteiger partial charge in [0.25, 0.3) is 11.5 Å². The monoisotopic (exact) mass is 349 g/mol. The van der Waals surface area contributed by atoms with Crippen molar-refractivity contribution in [3.05, 3.63) is 50.1 Å². The highest BCUT2D eigenvalue weighted by Gasteiger charge is 2.30. The van der Waals surface area contributed by atoms with Crippen LogP contribution in [0, 0.1) is 0 Å². The molecule has 3 aromatic rings. The fraction of sp³-hybridized carbons (Fsp3) is 0.308. The van der Waals surface area contributed by atoms with E-state index in [4.69, 9.17) is 4.74 Å². The highest BCUT2D eigenvalue weighted by molar-refractivity contribution is 7.15. The molecule has 1 aliphatic rings. The zero-order valence-corrected chi connectivity index (χ0v) is 13.0. The number of nitrogens with one attached hydrogen (secondary N) is 1. The fourth-order valence-corrected chi connectivity index (χ4v) is 3.20. The van der Waals surface area contributed by atoms with Gasteiger partial charge in [-0.15, -0.1) is 11.3 Å². The predicted molar refractivity (Wildman–Crippen MR) is 81.1 cm³/mol. The molecule has 0 spiro atoms. The summed E-state index contributed by atoms with van der Waals surface area (Å²) < 4.78 is 11.3. The molecule has 4 rings (SSSR count). The first kappa shape index (κ1) is 14.8. The Hall–Kier alpha value is -2.79. The Morgan fingerprint density at radius 1 is 1.42 bits per heavy atom. The Bertz CT molecular complexity index is 1020. The molecule has 1 amide bonds. The van der Waals surface area contributed by atoms with Crippen LogP contribution < -0.4 is 11.3 Å². The Morgan fingerprint density at radius 3 is 3.08 bits per heavy atom. The summed E-state index contributed by atoms with van der Waals surface area (Å²) in [4.78, 5) is 44.6. The third kappa shape index (κ3) is 2.43. The van der Waals surface area contributed by atoms with Crippen LogP contribution in [0.5, 0.6) is 0 Å². The number of amides is 1. The minimum Gasteiger partial charge on any atom is -0.366 e. The molecule has 10 nitrogen and oxygen atoms in total. The number of thiazole rings is 1. The van der Waals surface area contributed by atoms with Gasteiger partial charge in [-0.1, -0.05) is 5.16 Å². The third-order valence-corrected chi connectivity index (χ3v) is 4.46. The summed E-state index contributed by atoms with van der Waals surface area (Å²) in [5.74, 6) is -0.921. The lowest BCUT2D eigenvalue weighted by Gasteiger charge is -2.31. The van der Waals surface area contributed by atoms with E-state index in [0.29, 0.717) is 11.5 Å². The minimum absolute atomic E-state index is 0.0137. The molecular weight excluding hydrogens is 338 g/mol. The number of morpholine rings is 1. The molecule has 1 unspecified atom stereocenters. The number of nitrogens with zero attached hydrogens (tertiary/aromatic N) is 4. The highest BCUT2D eigenvalue weighted by atomic mass is 32.1. The third-order valence-electron chi connectivity index (χ3n) is 3.69. The number of carbonyl (C=O) groups is 1. The van der Waals surface area contributed by atoms with Crippen LogP contribution in [0.25, 0.3) is 4.96 Å². The maximum Gasteiger partial charge on any atom is 0.438 e. The molecule has 24 heavy (non-hydrogen) atoms. The van der Waals surface area contributed by atoms with Crippen LogP contribution in [0.1, 0.15) is 22.3 Å². The maximum atomic E-state index is 12.7. The molecule has 1 N–H and O–H groups in total. The molecule has 11 heteroatoms. The van der Waals surface area contributed by atoms with Gasteiger partial charge in [0.15, 0.2) is 10.8 Å². The van der Waals surface area contributed by atoms with E-state index in [1.54, 1.807) is 11.6 Å². The molecule has 1 fully saturated rings. The average Bonchev–Trinajstić information content (AvgIpc) is 3.24. The van der Waals surface area contributed by atoms with Crippen LogP contribution in [0.15, 0.2) is 31.9 Å². The van der Waals surface area contributed by atoms with E-state index in [9.17, 15) is 14.4 Å². The second-order valence-corrected chi connectivity index (χ2v) is 6.00. The maximum absolute atomic E-state index is 12.7. The van der Waals surface area contributed by atoms with Crippen molar-refractivity contribution in [3.63, 3.8) is 0 Å². The highest BCUT2D eigenvalue weighted by Crippen LogP contribution is 2.19. The smallest absolute Gasteiger partial charge is 0.366 e. The van der Waals surface area contributed by atoms with Crippen molar-refractivity contribution < 1.29 is 14.1 Å². The van der Waals surface area contributed by atoms with Crippen molar-refractivity contribution in [1.29, 1.82) is 0 Å². The number of ether oxygens (including phenoxy) is 1. The molecule has 1 atom stereocenters. The van der Waals surface area contributed by atoms with E-state index in [-0.39, 0.29) is 24.5 Å². The Kier molecular flexibility index (Phi) is 3.50. The summed E-state index contributed by atoms with van der Waals surface area (Å²) in [5.41, 5.74) is -0.427. The quantitative estimate of drug-likeness (QED) is 0.670. The molecule has 0 bridgehead atoms. The van der Waals surface area contributed by atoms with Crippen LogP contribution in [0.4, 0.5) is 0 Å². The van der Waals surface area contributed by atoms with Gasteiger partial charge in [-0.3, -0.25) is 23.5 Å². The molecule has 4 heterocycles. The largest absolute Gasteiger partial charge is 0.438 e. The SMILES string of the molecule is O=C(c1cnc2sccn2c1=O)N1CCOC(c2noc(=O)[nH]2)C1. The van der Waals surface area contributed by atoms with E-state index in [0.717, 1.165) is 0 Å². The van der Waals surface area contributed by atoms with Crippen molar-refractivity contribution in [3.8, 4) is 0 Å². The van der Waals surface area contributed by atoms with Crippen LogP contribution in [0.3, 0.4) is 0 Å². The molecule has 0 saturated carbocycles. The number of hydrogen-bond donors (Lipinski definition) is 1. The van der Waals surface area contributed by atoms with Gasteiger partial charge in [-0.2, -0.15) is 0 Å². The average molecular weight is 349 g/mol. The van der Waals surface area contributed by atoms with E-state index in [1.165, 1.54) is 26.8 Å². The molecule has 0 radical (unpaired) electrons. The summed E-state index contributed by atoms with van der Waals surface area (Å²) in [7, 11) is 0. The molecular formula is C13H11N5O5S. The molecule has 0 aliphatic carbocycles. The molecule has 124 valence electrons. The predicted octanol–water partition coefficient (Wildman–Crippen LogP) is -0.354. The van der Waals surface area contributed by atoms with Gasteiger partial charge in [0, 0.05) is 24.3 Å². The minimum atomic E-state index is -0.692. The Balaban J connectivity index is 1.62. The zero-order valence-electron chi connectivity index (χ0n) is 12.2. The van der Waals surface area contributed by atoms with Crippen LogP contribution in [-0.2, 0) is 4.74 Å². The fourth-order valence-electron chi connectivity index (χ4n) is 2.52. The van der Waals surface area contributed by atoms with Crippen molar-refractivity contribution >= 4 is 22.2 Å². The molecule has 3 aromatic heterocycles. The van der Waals surface area contributed by atoms with Gasteiger partial charge < -0.3 is 9.64 Å². The van der Waals surface area contributed by atoms with Gasteiger partial charge in [0.05, 0.1) is 13.2 Å². The normalized spacial score (nSPS) is 18.2. The summed E-state index contributed by atoms with van der Waals surface area (Å²) in [6, 6.07) is 0. The summed E-state index contributed by atoms with van der Waals surface area (Å²) in [5, 5.41) is 5.30. The van der Waals surface area contributed by atoms with E-state index >= 15 is 0 Å². The number of fused-ring (bicyclic) bond motifs is 1. The summed E-state index contributed by atoms with van der Waals surface area (Å²) in [6.45, 7) is 0.719. The number of H-pyrrole nitrogens is 1. The van der Waals surface area contributed by atoms with Crippen molar-refractivity contribution in [2.75, 3.05) is 19.7 Å². The van der Waals surface area contributed by atoms with Gasteiger partial charge in [0.1, 0.15) is 11.7 Å². The molecule has 0 aromatic carbocycles. The number of rotatable bonds is 2. The Morgan fingerprint density at radius 2 is 2.29 bits per heavy atom. The topological polar surface area (TPSA) is 123 Å². The van der Waals surface area contributed by atoms with Crippen LogP contribution >= 0.6 is 11.3 Å². The van der Waals surface area contributed by atoms with Gasteiger partial charge in [0.2, 0.25) is 0 Å². The van der Waals surface area contributed by atoms with Crippen LogP contribution in [-0.4, -0.2) is 50.0 Å². The van der Waals surface area contributed by atoms with Gasteiger partial charge in [-0.25, -0.2) is 9.78 Å². The van der Waals surface area contributed by atoms with Crippen molar-refractivity contribution in [2.24, 2.45) is 0 Å². The summed E-state index contributed by atoms with van der Waals surface area (Å²) in [6.07, 6.45) is 2.25. The van der Waals surface area contributed by atoms with Gasteiger partial charge >= 0.3 is 5.76 Å². The van der Waals surface area contributed by atoms with E-state index in [1.807, 2.05) is 0 Å². The number of aromatic nitrogens is 4. The zero-order chi connectivity index (χ0) is 16.7. The standard InChI is InChI=1S/C13H11N5O5S/c19-10(7-5-14-12-18(11(7)20)2-4-24-12)17-1-3-22-8(6-17)9-15-13(21)23-16-9/h2,4-5,8H,1,3,6H2,(H,15,16,21). The number of carbonyl (C=O) groups excluding carboxylic acids is 1. The second kappa shape index (κ2) is 5.69. The first-order valence-corrected chi connectivity index (χ1v) is 7.93. The summed E-state index contributed by atoms with van der Waals surface area (Å²) >= 11 is 1.31. The van der Waals surface area contributed by atoms with Crippen molar-refractivity contribution in [2.45, 2.75) is 6.10 Å². The van der Waals surface area contributed by atoms with E-state index < -0.39 is 23.3 Å². The first-order valence-electron chi connectivity index (χ1n) is 7.05. The van der Waals surface area contributed by atoms with Crippen molar-refractivity contribution in [1.82, 2.24) is 24.4 Å². The van der Waals surface area contributed by atoms with E-state index in [2.05, 4.69) is 19.6 Å². The lowest BCUT2D eigenvalue weighted by Crippen LogP contribution is -2.44. The molecule has 1 aliphatic heterocycles. The number of aromatic amines is 1. The van der Waals surface area contributed by atoms with Crippen LogP contribution in [0.2, 0.25) is 0 Å². The lowest BCUT2D eigenvalue weighted by molar-refractivity contribution is -0.0277.